The van der Waals surface area contributed by atoms with Crippen LogP contribution >= 0.6 is 0 Å². The second kappa shape index (κ2) is 4.84. The van der Waals surface area contributed by atoms with E-state index in [0.717, 1.165) is 32.4 Å². The van der Waals surface area contributed by atoms with Crippen LogP contribution in [0.2, 0.25) is 0 Å². The summed E-state index contributed by atoms with van der Waals surface area (Å²) in [5, 5.41) is 3.93. The first-order valence-electron chi connectivity index (χ1n) is 5.85. The van der Waals surface area contributed by atoms with Crippen molar-refractivity contribution >= 4 is 0 Å². The summed E-state index contributed by atoms with van der Waals surface area (Å²) in [5.41, 5.74) is 14.5. The Labute approximate surface area is 90.2 Å². The standard InChI is InChI=1S/C10H19N5/c11-8-5-6-15(7-8)10-4-2-1-3-9(10)13-14-12/h8-10H,1-7,11H2/t8-,9+,10-/m1/s1. The molecule has 0 radical (unpaired) electrons. The zero-order chi connectivity index (χ0) is 10.7. The lowest BCUT2D eigenvalue weighted by Crippen LogP contribution is -2.44. The molecule has 0 amide bonds. The van der Waals surface area contributed by atoms with Gasteiger partial charge in [-0.15, -0.1) is 0 Å². The lowest BCUT2D eigenvalue weighted by atomic mass is 9.90. The van der Waals surface area contributed by atoms with Crippen LogP contribution in [0, 0.1) is 0 Å². The molecule has 2 aliphatic rings. The van der Waals surface area contributed by atoms with E-state index in [1.54, 1.807) is 0 Å². The van der Waals surface area contributed by atoms with Crippen molar-refractivity contribution in [1.29, 1.82) is 0 Å². The average Bonchev–Trinajstić information content (AvgIpc) is 2.66. The highest BCUT2D eigenvalue weighted by Gasteiger charge is 2.32. The summed E-state index contributed by atoms with van der Waals surface area (Å²) in [5.74, 6) is 0. The van der Waals surface area contributed by atoms with Gasteiger partial charge in [0.2, 0.25) is 0 Å². The van der Waals surface area contributed by atoms with Crippen molar-refractivity contribution < 1.29 is 0 Å². The van der Waals surface area contributed by atoms with Gasteiger partial charge in [0, 0.05) is 30.1 Å². The molecule has 0 aromatic heterocycles. The van der Waals surface area contributed by atoms with Gasteiger partial charge in [0.05, 0.1) is 6.04 Å². The van der Waals surface area contributed by atoms with Crippen LogP contribution < -0.4 is 5.73 Å². The molecule has 1 aliphatic carbocycles. The fraction of sp³-hybridized carbons (Fsp3) is 1.00. The van der Waals surface area contributed by atoms with E-state index in [-0.39, 0.29) is 6.04 Å². The summed E-state index contributed by atoms with van der Waals surface area (Å²) in [6.07, 6.45) is 5.74. The number of nitrogens with zero attached hydrogens (tertiary/aromatic N) is 4. The minimum atomic E-state index is 0.175. The van der Waals surface area contributed by atoms with Crippen LogP contribution in [-0.4, -0.2) is 36.1 Å². The maximum atomic E-state index is 8.55. The molecule has 0 spiro atoms. The highest BCUT2D eigenvalue weighted by molar-refractivity contribution is 4.92. The first kappa shape index (κ1) is 10.7. The van der Waals surface area contributed by atoms with Gasteiger partial charge in [-0.3, -0.25) is 4.90 Å². The Morgan fingerprint density at radius 2 is 2.07 bits per heavy atom. The van der Waals surface area contributed by atoms with Gasteiger partial charge in [0.1, 0.15) is 0 Å². The molecule has 0 aromatic carbocycles. The fourth-order valence-corrected chi connectivity index (χ4v) is 2.84. The van der Waals surface area contributed by atoms with Crippen LogP contribution in [0.3, 0.4) is 0 Å². The summed E-state index contributed by atoms with van der Waals surface area (Å²) >= 11 is 0. The van der Waals surface area contributed by atoms with Gasteiger partial charge < -0.3 is 5.73 Å². The number of hydrogen-bond acceptors (Lipinski definition) is 3. The van der Waals surface area contributed by atoms with Gasteiger partial charge in [-0.1, -0.05) is 18.0 Å². The van der Waals surface area contributed by atoms with E-state index in [1.807, 2.05) is 0 Å². The van der Waals surface area contributed by atoms with Crippen LogP contribution in [0.1, 0.15) is 32.1 Å². The van der Waals surface area contributed by atoms with Gasteiger partial charge in [-0.05, 0) is 24.8 Å². The summed E-state index contributed by atoms with van der Waals surface area (Å²) in [7, 11) is 0. The predicted molar refractivity (Wildman–Crippen MR) is 59.4 cm³/mol. The summed E-state index contributed by atoms with van der Waals surface area (Å²) in [6.45, 7) is 2.05. The molecular formula is C10H19N5. The molecular weight excluding hydrogens is 190 g/mol. The molecule has 3 atom stereocenters. The third kappa shape index (κ3) is 2.43. The Morgan fingerprint density at radius 1 is 1.27 bits per heavy atom. The van der Waals surface area contributed by atoms with Crippen LogP contribution in [-0.2, 0) is 0 Å². The fourth-order valence-electron chi connectivity index (χ4n) is 2.84. The predicted octanol–water partition coefficient (Wildman–Crippen LogP) is 1.64. The normalized spacial score (nSPS) is 37.5. The maximum absolute atomic E-state index is 8.55. The zero-order valence-corrected chi connectivity index (χ0v) is 9.05. The quantitative estimate of drug-likeness (QED) is 0.426. The summed E-state index contributed by atoms with van der Waals surface area (Å²) in [4.78, 5) is 5.39. The Balaban J connectivity index is 2.00. The van der Waals surface area contributed by atoms with E-state index in [2.05, 4.69) is 14.9 Å². The number of rotatable bonds is 2. The summed E-state index contributed by atoms with van der Waals surface area (Å²) in [6, 6.07) is 0.941. The third-order valence-electron chi connectivity index (χ3n) is 3.62. The van der Waals surface area contributed by atoms with Crippen LogP contribution in [0.15, 0.2) is 5.11 Å². The van der Waals surface area contributed by atoms with Gasteiger partial charge in [-0.25, -0.2) is 0 Å². The van der Waals surface area contributed by atoms with E-state index in [4.69, 9.17) is 11.3 Å². The Kier molecular flexibility index (Phi) is 3.46. The van der Waals surface area contributed by atoms with Crippen molar-refractivity contribution in [1.82, 2.24) is 4.90 Å². The Morgan fingerprint density at radius 3 is 2.73 bits per heavy atom. The highest BCUT2D eigenvalue weighted by atomic mass is 15.2. The van der Waals surface area contributed by atoms with Crippen molar-refractivity contribution in [2.45, 2.75) is 50.2 Å². The van der Waals surface area contributed by atoms with Gasteiger partial charge in [0.15, 0.2) is 0 Å². The SMILES string of the molecule is [N-]=[N+]=N[C@H]1CCCC[C@H]1N1CC[C@@H](N)C1. The van der Waals surface area contributed by atoms with E-state index in [1.165, 1.54) is 12.8 Å². The largest absolute Gasteiger partial charge is 0.326 e. The van der Waals surface area contributed by atoms with Crippen molar-refractivity contribution in [3.63, 3.8) is 0 Å². The smallest absolute Gasteiger partial charge is 0.0529 e. The monoisotopic (exact) mass is 209 g/mol. The first-order valence-corrected chi connectivity index (χ1v) is 5.85. The summed E-state index contributed by atoms with van der Waals surface area (Å²) < 4.78 is 0. The molecule has 0 bridgehead atoms. The molecule has 1 aliphatic heterocycles. The lowest BCUT2D eigenvalue weighted by molar-refractivity contribution is 0.166. The molecule has 15 heavy (non-hydrogen) atoms. The van der Waals surface area contributed by atoms with Gasteiger partial charge in [-0.2, -0.15) is 0 Å². The molecule has 0 aromatic rings. The van der Waals surface area contributed by atoms with Crippen LogP contribution in [0.5, 0.6) is 0 Å². The molecule has 1 saturated carbocycles. The zero-order valence-electron chi connectivity index (χ0n) is 9.05. The molecule has 1 saturated heterocycles. The van der Waals surface area contributed by atoms with E-state index in [9.17, 15) is 0 Å². The van der Waals surface area contributed by atoms with E-state index < -0.39 is 0 Å². The number of azide groups is 1. The van der Waals surface area contributed by atoms with Crippen LogP contribution in [0.4, 0.5) is 0 Å². The topological polar surface area (TPSA) is 78.0 Å². The molecule has 2 fully saturated rings. The molecule has 5 heteroatoms. The van der Waals surface area contributed by atoms with E-state index >= 15 is 0 Å². The Bertz CT molecular complexity index is 261. The minimum Gasteiger partial charge on any atom is -0.326 e. The highest BCUT2D eigenvalue weighted by Crippen LogP contribution is 2.27. The number of nitrogens with two attached hydrogens (primary N) is 1. The maximum Gasteiger partial charge on any atom is 0.0529 e. The van der Waals surface area contributed by atoms with Crippen molar-refractivity contribution in [2.24, 2.45) is 10.8 Å². The Hall–Kier alpha value is -0.770. The molecule has 84 valence electrons. The third-order valence-corrected chi connectivity index (χ3v) is 3.62. The van der Waals surface area contributed by atoms with E-state index in [0.29, 0.717) is 12.1 Å². The minimum absolute atomic E-state index is 0.175. The lowest BCUT2D eigenvalue weighted by Gasteiger charge is -2.35. The average molecular weight is 209 g/mol. The van der Waals surface area contributed by atoms with Gasteiger partial charge in [0.25, 0.3) is 0 Å². The van der Waals surface area contributed by atoms with Crippen molar-refractivity contribution in [3.8, 4) is 0 Å². The first-order chi connectivity index (χ1) is 7.31. The molecule has 0 unspecified atom stereocenters. The van der Waals surface area contributed by atoms with Crippen molar-refractivity contribution in [2.75, 3.05) is 13.1 Å². The van der Waals surface area contributed by atoms with Gasteiger partial charge >= 0.3 is 0 Å². The number of hydrogen-bond donors (Lipinski definition) is 1. The number of likely N-dealkylation sites (tertiary alicyclic amines) is 1. The molecule has 5 nitrogen and oxygen atoms in total. The molecule has 2 N–H and O–H groups in total. The van der Waals surface area contributed by atoms with Crippen LogP contribution in [0.25, 0.3) is 10.4 Å². The second-order valence-corrected chi connectivity index (χ2v) is 4.67. The van der Waals surface area contributed by atoms with Crippen molar-refractivity contribution in [3.05, 3.63) is 10.4 Å². The molecule has 1 heterocycles. The second-order valence-electron chi connectivity index (χ2n) is 4.67. The molecule has 2 rings (SSSR count).